The second-order valence-corrected chi connectivity index (χ2v) is 7.43. The average Bonchev–Trinajstić information content (AvgIpc) is 2.96. The Bertz CT molecular complexity index is 1120. The zero-order chi connectivity index (χ0) is 22.0. The van der Waals surface area contributed by atoms with Gasteiger partial charge in [-0.3, -0.25) is 14.2 Å². The molecule has 0 unspecified atom stereocenters. The van der Waals surface area contributed by atoms with Gasteiger partial charge in [-0.15, -0.1) is 0 Å². The normalized spacial score (nSPS) is 11.0. The van der Waals surface area contributed by atoms with Crippen molar-refractivity contribution in [2.75, 3.05) is 7.11 Å². The fraction of sp³-hybridized carbons (Fsp3) is 0.304. The van der Waals surface area contributed by atoms with E-state index in [-0.39, 0.29) is 5.91 Å². The molecule has 1 aromatic heterocycles. The van der Waals surface area contributed by atoms with E-state index in [2.05, 4.69) is 6.92 Å². The van der Waals surface area contributed by atoms with Crippen molar-refractivity contribution < 1.29 is 23.5 Å². The number of rotatable bonds is 6. The molecule has 0 radical (unpaired) electrons. The lowest BCUT2D eigenvalue weighted by molar-refractivity contribution is -0.131. The summed E-state index contributed by atoms with van der Waals surface area (Å²) in [6.07, 6.45) is 2.44. The first-order valence-electron chi connectivity index (χ1n) is 9.69. The summed E-state index contributed by atoms with van der Waals surface area (Å²) >= 11 is 6.49. The average molecular weight is 432 g/mol. The molecule has 0 bridgehead atoms. The molecule has 5 nitrogen and oxygen atoms in total. The summed E-state index contributed by atoms with van der Waals surface area (Å²) in [5.74, 6) is -0.511. The number of fused-ring (bicyclic) bond motifs is 1. The van der Waals surface area contributed by atoms with E-state index in [9.17, 15) is 14.0 Å². The Morgan fingerprint density at radius 3 is 2.40 bits per heavy atom. The van der Waals surface area contributed by atoms with E-state index in [0.29, 0.717) is 45.1 Å². The van der Waals surface area contributed by atoms with E-state index < -0.39 is 11.8 Å². The minimum atomic E-state index is -0.498. The van der Waals surface area contributed by atoms with Crippen LogP contribution in [0, 0.1) is 12.7 Å². The Labute approximate surface area is 179 Å². The lowest BCUT2D eigenvalue weighted by Gasteiger charge is -2.13. The van der Waals surface area contributed by atoms with E-state index in [4.69, 9.17) is 21.1 Å². The summed E-state index contributed by atoms with van der Waals surface area (Å²) < 4.78 is 25.9. The second kappa shape index (κ2) is 8.88. The molecule has 0 saturated heterocycles. The highest BCUT2D eigenvalue weighted by Gasteiger charge is 2.27. The Morgan fingerprint density at radius 2 is 1.83 bits per heavy atom. The Balaban J connectivity index is 2.36. The van der Waals surface area contributed by atoms with Crippen molar-refractivity contribution in [3.8, 4) is 11.5 Å². The number of hydrogen-bond acceptors (Lipinski definition) is 4. The fourth-order valence-electron chi connectivity index (χ4n) is 3.63. The number of carbonyl (C=O) groups is 2. The molecule has 7 heteroatoms. The molecule has 2 aromatic carbocycles. The van der Waals surface area contributed by atoms with Crippen LogP contribution < -0.4 is 9.47 Å². The van der Waals surface area contributed by atoms with E-state index in [1.54, 1.807) is 13.0 Å². The molecule has 0 saturated carbocycles. The largest absolute Gasteiger partial charge is 0.495 e. The van der Waals surface area contributed by atoms with Gasteiger partial charge in [-0.1, -0.05) is 24.9 Å². The SMILES string of the molecule is CCCCc1c(OC)c(Cl)cc2c1c(OC(C)=O)c(C)n2C(=O)c1ccc(F)cc1. The van der Waals surface area contributed by atoms with Gasteiger partial charge in [-0.2, -0.15) is 0 Å². The van der Waals surface area contributed by atoms with Gasteiger partial charge in [0.05, 0.1) is 28.7 Å². The number of ether oxygens (including phenoxy) is 2. The van der Waals surface area contributed by atoms with Crippen LogP contribution in [-0.4, -0.2) is 23.6 Å². The predicted molar refractivity (Wildman–Crippen MR) is 114 cm³/mol. The first kappa shape index (κ1) is 21.8. The van der Waals surface area contributed by atoms with E-state index in [1.165, 1.54) is 42.9 Å². The predicted octanol–water partition coefficient (Wildman–Crippen LogP) is 5.71. The zero-order valence-corrected chi connectivity index (χ0v) is 18.1. The summed E-state index contributed by atoms with van der Waals surface area (Å²) in [6, 6.07) is 6.91. The third kappa shape index (κ3) is 3.92. The maximum absolute atomic E-state index is 13.3. The van der Waals surface area contributed by atoms with Crippen molar-refractivity contribution in [3.63, 3.8) is 0 Å². The van der Waals surface area contributed by atoms with Crippen molar-refractivity contribution in [2.45, 2.75) is 40.0 Å². The summed E-state index contributed by atoms with van der Waals surface area (Å²) in [5, 5.41) is 0.976. The van der Waals surface area contributed by atoms with Crippen LogP contribution in [0.15, 0.2) is 30.3 Å². The molecular formula is C23H23ClFNO4. The number of methoxy groups -OCH3 is 1. The first-order valence-corrected chi connectivity index (χ1v) is 10.1. The lowest BCUT2D eigenvalue weighted by Crippen LogP contribution is -2.14. The van der Waals surface area contributed by atoms with Gasteiger partial charge in [0.2, 0.25) is 0 Å². The number of aryl methyl sites for hydroxylation is 1. The van der Waals surface area contributed by atoms with E-state index >= 15 is 0 Å². The highest BCUT2D eigenvalue weighted by Crippen LogP contribution is 2.44. The summed E-state index contributed by atoms with van der Waals surface area (Å²) in [6.45, 7) is 5.07. The Morgan fingerprint density at radius 1 is 1.17 bits per heavy atom. The maximum atomic E-state index is 13.3. The molecule has 0 aliphatic rings. The van der Waals surface area contributed by atoms with Gasteiger partial charge in [0.25, 0.3) is 5.91 Å². The fourth-order valence-corrected chi connectivity index (χ4v) is 3.92. The molecule has 1 heterocycles. The van der Waals surface area contributed by atoms with Gasteiger partial charge in [-0.25, -0.2) is 4.39 Å². The van der Waals surface area contributed by atoms with Crippen LogP contribution in [-0.2, 0) is 11.2 Å². The molecule has 3 aromatic rings. The van der Waals surface area contributed by atoms with Gasteiger partial charge in [0.1, 0.15) is 11.6 Å². The minimum Gasteiger partial charge on any atom is -0.495 e. The number of hydrogen-bond donors (Lipinski definition) is 0. The monoisotopic (exact) mass is 431 g/mol. The van der Waals surface area contributed by atoms with Crippen molar-refractivity contribution in [3.05, 3.63) is 58.0 Å². The van der Waals surface area contributed by atoms with Gasteiger partial charge in [-0.05, 0) is 50.1 Å². The second-order valence-electron chi connectivity index (χ2n) is 7.02. The molecule has 30 heavy (non-hydrogen) atoms. The Kier molecular flexibility index (Phi) is 6.46. The van der Waals surface area contributed by atoms with Crippen LogP contribution >= 0.6 is 11.6 Å². The van der Waals surface area contributed by atoms with Crippen LogP contribution in [0.1, 0.15) is 48.3 Å². The molecule has 3 rings (SSSR count). The summed E-state index contributed by atoms with van der Waals surface area (Å²) in [7, 11) is 1.53. The zero-order valence-electron chi connectivity index (χ0n) is 17.3. The molecule has 0 N–H and O–H groups in total. The Hall–Kier alpha value is -2.86. The van der Waals surface area contributed by atoms with E-state index in [0.717, 1.165) is 18.4 Å². The number of aromatic nitrogens is 1. The maximum Gasteiger partial charge on any atom is 0.308 e. The highest BCUT2D eigenvalue weighted by atomic mass is 35.5. The van der Waals surface area contributed by atoms with Gasteiger partial charge < -0.3 is 9.47 Å². The van der Waals surface area contributed by atoms with Crippen LogP contribution in [0.3, 0.4) is 0 Å². The summed E-state index contributed by atoms with van der Waals surface area (Å²) in [5.41, 5.74) is 2.05. The topological polar surface area (TPSA) is 57.5 Å². The molecule has 158 valence electrons. The quantitative estimate of drug-likeness (QED) is 0.469. The highest BCUT2D eigenvalue weighted by molar-refractivity contribution is 6.33. The third-order valence-corrected chi connectivity index (χ3v) is 5.25. The van der Waals surface area contributed by atoms with E-state index in [1.807, 2.05) is 0 Å². The molecular weight excluding hydrogens is 409 g/mol. The molecule has 0 atom stereocenters. The van der Waals surface area contributed by atoms with Gasteiger partial charge in [0.15, 0.2) is 5.75 Å². The van der Waals surface area contributed by atoms with Crippen LogP contribution in [0.25, 0.3) is 10.9 Å². The number of carbonyl (C=O) groups excluding carboxylic acids is 2. The molecule has 0 aliphatic heterocycles. The third-order valence-electron chi connectivity index (χ3n) is 4.97. The minimum absolute atomic E-state index is 0.299. The van der Waals surface area contributed by atoms with Crippen molar-refractivity contribution >= 4 is 34.4 Å². The number of unbranched alkanes of at least 4 members (excludes halogenated alkanes) is 1. The van der Waals surface area contributed by atoms with Gasteiger partial charge >= 0.3 is 5.97 Å². The number of benzene rings is 2. The van der Waals surface area contributed by atoms with Crippen LogP contribution in [0.4, 0.5) is 4.39 Å². The van der Waals surface area contributed by atoms with Crippen molar-refractivity contribution in [1.29, 1.82) is 0 Å². The molecule has 0 fully saturated rings. The smallest absolute Gasteiger partial charge is 0.308 e. The molecule has 0 aliphatic carbocycles. The lowest BCUT2D eigenvalue weighted by atomic mass is 10.0. The number of nitrogens with zero attached hydrogens (tertiary/aromatic N) is 1. The van der Waals surface area contributed by atoms with Crippen LogP contribution in [0.2, 0.25) is 5.02 Å². The number of esters is 1. The molecule has 0 amide bonds. The standard InChI is InChI=1S/C23H23ClFNO4/c1-5-6-7-17-20-19(12-18(24)22(17)29-4)26(13(2)21(20)30-14(3)27)23(28)15-8-10-16(25)11-9-15/h8-12H,5-7H2,1-4H3. The summed E-state index contributed by atoms with van der Waals surface area (Å²) in [4.78, 5) is 25.1. The van der Waals surface area contributed by atoms with Crippen LogP contribution in [0.5, 0.6) is 11.5 Å². The van der Waals surface area contributed by atoms with Crippen molar-refractivity contribution in [2.24, 2.45) is 0 Å². The number of halogens is 2. The van der Waals surface area contributed by atoms with Gasteiger partial charge in [0, 0.05) is 18.1 Å². The molecule has 0 spiro atoms. The van der Waals surface area contributed by atoms with Crippen molar-refractivity contribution in [1.82, 2.24) is 4.57 Å². The first-order chi connectivity index (χ1) is 14.3.